The highest BCUT2D eigenvalue weighted by Gasteiger charge is 2.44. The van der Waals surface area contributed by atoms with Crippen LogP contribution in [0, 0.1) is 22.7 Å². The molecular formula is C34H22N2O. The van der Waals surface area contributed by atoms with Crippen molar-refractivity contribution in [3.05, 3.63) is 124 Å². The first-order chi connectivity index (χ1) is 18.2. The van der Waals surface area contributed by atoms with Crippen LogP contribution in [0.2, 0.25) is 0 Å². The maximum Gasteiger partial charge on any atom is 0.171 e. The van der Waals surface area contributed by atoms with E-state index >= 15 is 0 Å². The number of rotatable bonds is 2. The Bertz CT molecular complexity index is 1850. The molecule has 0 radical (unpaired) electrons. The second-order valence-electron chi connectivity index (χ2n) is 10.1. The molecule has 174 valence electrons. The lowest BCUT2D eigenvalue weighted by molar-refractivity contribution is -0.117. The van der Waals surface area contributed by atoms with Gasteiger partial charge in [0, 0.05) is 17.1 Å². The molecule has 0 fully saturated rings. The van der Waals surface area contributed by atoms with Gasteiger partial charge in [-0.2, -0.15) is 10.5 Å². The average molecular weight is 475 g/mol. The van der Waals surface area contributed by atoms with E-state index in [9.17, 15) is 15.3 Å². The number of Topliss-reactive ketones (excluding diaryl/α,β-unsaturated/α-hetero) is 1. The monoisotopic (exact) mass is 474 g/mol. The summed E-state index contributed by atoms with van der Waals surface area (Å²) in [6, 6.07) is 29.2. The van der Waals surface area contributed by atoms with Gasteiger partial charge in [-0.25, -0.2) is 0 Å². The summed E-state index contributed by atoms with van der Waals surface area (Å²) in [7, 11) is 0. The molecular weight excluding hydrogens is 452 g/mol. The van der Waals surface area contributed by atoms with Crippen molar-refractivity contribution in [3.63, 3.8) is 0 Å². The molecule has 0 spiro atoms. The molecule has 37 heavy (non-hydrogen) atoms. The van der Waals surface area contributed by atoms with Crippen LogP contribution in [0.4, 0.5) is 0 Å². The number of ketones is 1. The molecule has 4 aromatic rings. The van der Waals surface area contributed by atoms with Crippen LogP contribution in [0.25, 0.3) is 27.1 Å². The van der Waals surface area contributed by atoms with E-state index in [0.717, 1.165) is 40.7 Å². The Balaban J connectivity index is 1.59. The van der Waals surface area contributed by atoms with Crippen LogP contribution in [-0.4, -0.2) is 5.78 Å². The number of allylic oxidation sites excluding steroid dienone is 6. The standard InChI is InChI=1S/C34H22N2O/c35-18-20-6-3-9-23(14-20)31-29-17-30(32(34(31)37)24-10-4-7-21(15-24)19-36)28-16-22-8-1-2-11-25(22)26-12-5-13-27(29)33(26)28/h1-2,4-5,7-16,30,32H,3,6,17H2. The van der Waals surface area contributed by atoms with E-state index in [-0.39, 0.29) is 11.7 Å². The predicted molar refractivity (Wildman–Crippen MR) is 146 cm³/mol. The zero-order chi connectivity index (χ0) is 25.1. The molecule has 0 saturated carbocycles. The summed E-state index contributed by atoms with van der Waals surface area (Å²) in [6.45, 7) is 0. The van der Waals surface area contributed by atoms with E-state index in [1.165, 1.54) is 27.1 Å². The van der Waals surface area contributed by atoms with E-state index < -0.39 is 5.92 Å². The zero-order valence-electron chi connectivity index (χ0n) is 20.2. The van der Waals surface area contributed by atoms with Gasteiger partial charge in [-0.1, -0.05) is 66.7 Å². The minimum atomic E-state index is -0.397. The number of carbonyl (C=O) groups is 1. The van der Waals surface area contributed by atoms with Gasteiger partial charge >= 0.3 is 0 Å². The Morgan fingerprint density at radius 3 is 2.57 bits per heavy atom. The third kappa shape index (κ3) is 3.15. The fourth-order valence-corrected chi connectivity index (χ4v) is 6.67. The van der Waals surface area contributed by atoms with Crippen molar-refractivity contribution < 1.29 is 4.79 Å². The van der Waals surface area contributed by atoms with Crippen molar-refractivity contribution >= 4 is 32.9 Å². The first-order valence-electron chi connectivity index (χ1n) is 12.7. The molecule has 0 aliphatic heterocycles. The van der Waals surface area contributed by atoms with E-state index in [2.05, 4.69) is 66.7 Å². The summed E-state index contributed by atoms with van der Waals surface area (Å²) in [5.41, 5.74) is 7.17. The van der Waals surface area contributed by atoms with Gasteiger partial charge in [0.25, 0.3) is 0 Å². The predicted octanol–water partition coefficient (Wildman–Crippen LogP) is 7.64. The lowest BCUT2D eigenvalue weighted by atomic mass is 9.62. The van der Waals surface area contributed by atoms with Crippen LogP contribution in [0.15, 0.2) is 102 Å². The smallest absolute Gasteiger partial charge is 0.171 e. The molecule has 0 saturated heterocycles. The highest BCUT2D eigenvalue weighted by atomic mass is 16.1. The van der Waals surface area contributed by atoms with Crippen LogP contribution in [0.5, 0.6) is 0 Å². The van der Waals surface area contributed by atoms with Crippen LogP contribution in [0.3, 0.4) is 0 Å². The zero-order valence-corrected chi connectivity index (χ0v) is 20.2. The van der Waals surface area contributed by atoms with Gasteiger partial charge in [-0.3, -0.25) is 4.79 Å². The number of hydrogen-bond acceptors (Lipinski definition) is 3. The van der Waals surface area contributed by atoms with Gasteiger partial charge in [0.05, 0.1) is 23.6 Å². The van der Waals surface area contributed by atoms with Gasteiger partial charge in [0.1, 0.15) is 0 Å². The molecule has 3 aliphatic rings. The first kappa shape index (κ1) is 21.5. The molecule has 2 atom stereocenters. The molecule has 2 bridgehead atoms. The Kier molecular flexibility index (Phi) is 4.75. The van der Waals surface area contributed by atoms with Crippen LogP contribution >= 0.6 is 0 Å². The van der Waals surface area contributed by atoms with Crippen molar-refractivity contribution in [1.82, 2.24) is 0 Å². The van der Waals surface area contributed by atoms with Gasteiger partial charge in [0.2, 0.25) is 0 Å². The first-order valence-corrected chi connectivity index (χ1v) is 12.7. The molecule has 0 aromatic heterocycles. The minimum absolute atomic E-state index is 0.0224. The van der Waals surface area contributed by atoms with E-state index in [1.807, 2.05) is 24.3 Å². The Morgan fingerprint density at radius 1 is 0.865 bits per heavy atom. The Hall–Kier alpha value is -4.73. The number of hydrogen-bond donors (Lipinski definition) is 0. The number of nitrogens with zero attached hydrogens (tertiary/aromatic N) is 2. The molecule has 2 unspecified atom stereocenters. The largest absolute Gasteiger partial charge is 0.293 e. The minimum Gasteiger partial charge on any atom is -0.293 e. The number of fused-ring (bicyclic) bond motifs is 6. The van der Waals surface area contributed by atoms with E-state index in [4.69, 9.17) is 0 Å². The number of carbonyl (C=O) groups excluding carboxylic acids is 1. The van der Waals surface area contributed by atoms with Crippen LogP contribution in [0.1, 0.15) is 53.4 Å². The fraction of sp³-hybridized carbons (Fsp3) is 0.147. The summed E-state index contributed by atoms with van der Waals surface area (Å²) < 4.78 is 0. The third-order valence-electron chi connectivity index (χ3n) is 8.21. The van der Waals surface area contributed by atoms with Crippen molar-refractivity contribution in [2.45, 2.75) is 31.1 Å². The maximum atomic E-state index is 14.5. The molecule has 0 N–H and O–H groups in total. The summed E-state index contributed by atoms with van der Waals surface area (Å²) >= 11 is 0. The number of benzene rings is 4. The van der Waals surface area contributed by atoms with Crippen LogP contribution < -0.4 is 0 Å². The van der Waals surface area contributed by atoms with E-state index in [1.54, 1.807) is 6.07 Å². The Labute approximate surface area is 215 Å². The van der Waals surface area contributed by atoms with Crippen LogP contribution in [-0.2, 0) is 4.79 Å². The SMILES string of the molecule is N#CC1=CC(C2=C3CC(c4cc5ccccc5c5cccc3c45)C(c3cccc(C#N)c3)C2=O)=CCC1. The number of nitriles is 2. The van der Waals surface area contributed by atoms with E-state index in [0.29, 0.717) is 17.6 Å². The summed E-state index contributed by atoms with van der Waals surface area (Å²) in [4.78, 5) is 14.5. The van der Waals surface area contributed by atoms with Gasteiger partial charge < -0.3 is 0 Å². The van der Waals surface area contributed by atoms with Crippen molar-refractivity contribution in [2.24, 2.45) is 0 Å². The summed E-state index contributed by atoms with van der Waals surface area (Å²) in [5.74, 6) is -0.337. The molecule has 7 rings (SSSR count). The summed E-state index contributed by atoms with van der Waals surface area (Å²) in [6.07, 6.45) is 6.23. The molecule has 4 aromatic carbocycles. The topological polar surface area (TPSA) is 64.7 Å². The quantitative estimate of drug-likeness (QED) is 0.280. The normalized spacial score (nSPS) is 20.3. The molecule has 0 amide bonds. The fourth-order valence-electron chi connectivity index (χ4n) is 6.67. The lowest BCUT2D eigenvalue weighted by Crippen LogP contribution is -2.31. The molecule has 3 heteroatoms. The van der Waals surface area contributed by atoms with Gasteiger partial charge in [-0.05, 0) is 86.9 Å². The average Bonchev–Trinajstić information content (AvgIpc) is 2.95. The summed E-state index contributed by atoms with van der Waals surface area (Å²) in [5, 5.41) is 24.0. The molecule has 0 heterocycles. The van der Waals surface area contributed by atoms with Crippen molar-refractivity contribution in [3.8, 4) is 12.1 Å². The second kappa shape index (κ2) is 8.16. The highest BCUT2D eigenvalue weighted by Crippen LogP contribution is 2.56. The third-order valence-corrected chi connectivity index (χ3v) is 8.21. The molecule has 3 aliphatic carbocycles. The maximum absolute atomic E-state index is 14.5. The van der Waals surface area contributed by atoms with Gasteiger partial charge in [-0.15, -0.1) is 0 Å². The highest BCUT2D eigenvalue weighted by molar-refractivity contribution is 6.20. The molecule has 3 nitrogen and oxygen atoms in total. The van der Waals surface area contributed by atoms with Crippen molar-refractivity contribution in [2.75, 3.05) is 0 Å². The Morgan fingerprint density at radius 2 is 1.70 bits per heavy atom. The van der Waals surface area contributed by atoms with Gasteiger partial charge in [0.15, 0.2) is 5.78 Å². The lowest BCUT2D eigenvalue weighted by Gasteiger charge is -2.40. The van der Waals surface area contributed by atoms with Crippen molar-refractivity contribution in [1.29, 1.82) is 10.5 Å². The second-order valence-corrected chi connectivity index (χ2v) is 10.1.